The van der Waals surface area contributed by atoms with E-state index in [-0.39, 0.29) is 5.57 Å². The molecule has 4 amide bonds. The van der Waals surface area contributed by atoms with Gasteiger partial charge in [-0.3, -0.25) is 20.2 Å². The van der Waals surface area contributed by atoms with Crippen LogP contribution in [0.2, 0.25) is 0 Å². The molecule has 0 spiro atoms. The Hall–Kier alpha value is -3.93. The predicted octanol–water partition coefficient (Wildman–Crippen LogP) is 3.20. The number of hydrogen-bond donors (Lipinski definition) is 2. The van der Waals surface area contributed by atoms with Gasteiger partial charge in [-0.05, 0) is 42.3 Å². The van der Waals surface area contributed by atoms with E-state index >= 15 is 0 Å². The number of hydrogen-bond acceptors (Lipinski definition) is 3. The van der Waals surface area contributed by atoms with Crippen LogP contribution in [-0.2, 0) is 9.59 Å². The summed E-state index contributed by atoms with van der Waals surface area (Å²) in [6.07, 6.45) is 1.51. The molecule has 0 aliphatic carbocycles. The third kappa shape index (κ3) is 3.12. The normalized spacial score (nSPS) is 13.9. The lowest BCUT2D eigenvalue weighted by atomic mass is 10.1. The molecule has 138 valence electrons. The molecule has 1 aliphatic heterocycles. The van der Waals surface area contributed by atoms with Crippen LogP contribution in [-0.4, -0.2) is 22.4 Å². The zero-order valence-electron chi connectivity index (χ0n) is 15.1. The highest BCUT2D eigenvalue weighted by atomic mass is 16.2. The van der Waals surface area contributed by atoms with E-state index in [1.165, 1.54) is 6.08 Å². The molecule has 2 heterocycles. The lowest BCUT2D eigenvalue weighted by Gasteiger charge is -2.14. The maximum atomic E-state index is 12.1. The summed E-state index contributed by atoms with van der Waals surface area (Å²) in [6.45, 7) is 1.93. The molecule has 1 saturated heterocycles. The summed E-state index contributed by atoms with van der Waals surface area (Å²) in [6, 6.07) is 20.8. The number of barbiturate groups is 1. The van der Waals surface area contributed by atoms with Crippen LogP contribution in [0.3, 0.4) is 0 Å². The van der Waals surface area contributed by atoms with Crippen molar-refractivity contribution in [2.45, 2.75) is 6.92 Å². The van der Waals surface area contributed by atoms with E-state index in [1.54, 1.807) is 0 Å². The van der Waals surface area contributed by atoms with Crippen LogP contribution in [0.4, 0.5) is 4.79 Å². The summed E-state index contributed by atoms with van der Waals surface area (Å²) in [4.78, 5) is 35.5. The fourth-order valence-corrected chi connectivity index (χ4v) is 3.27. The zero-order valence-corrected chi connectivity index (χ0v) is 15.1. The van der Waals surface area contributed by atoms with Gasteiger partial charge in [0.25, 0.3) is 11.8 Å². The number of carbonyl (C=O) groups is 3. The molecule has 2 N–H and O–H groups in total. The number of imide groups is 2. The van der Waals surface area contributed by atoms with Gasteiger partial charge in [-0.25, -0.2) is 4.79 Å². The van der Waals surface area contributed by atoms with Crippen LogP contribution in [0, 0.1) is 6.92 Å². The molecule has 4 rings (SSSR count). The smallest absolute Gasteiger partial charge is 0.313 e. The highest BCUT2D eigenvalue weighted by Gasteiger charge is 2.28. The number of aromatic nitrogens is 1. The fraction of sp³-hybridized carbons (Fsp3) is 0.0455. The van der Waals surface area contributed by atoms with E-state index in [1.807, 2.05) is 73.7 Å². The average molecular weight is 371 g/mol. The summed E-state index contributed by atoms with van der Waals surface area (Å²) in [5.74, 6) is -1.41. The minimum Gasteiger partial charge on any atom is -0.313 e. The van der Waals surface area contributed by atoms with Gasteiger partial charge in [0.1, 0.15) is 5.57 Å². The van der Waals surface area contributed by atoms with Crippen molar-refractivity contribution in [1.82, 2.24) is 15.2 Å². The minimum atomic E-state index is -0.810. The van der Waals surface area contributed by atoms with E-state index in [2.05, 4.69) is 15.2 Å². The van der Waals surface area contributed by atoms with Crippen LogP contribution >= 0.6 is 0 Å². The molecule has 28 heavy (non-hydrogen) atoms. The number of benzene rings is 2. The fourth-order valence-electron chi connectivity index (χ4n) is 3.27. The van der Waals surface area contributed by atoms with E-state index < -0.39 is 17.8 Å². The summed E-state index contributed by atoms with van der Waals surface area (Å²) >= 11 is 0. The molecule has 0 radical (unpaired) electrons. The Bertz CT molecular complexity index is 1090. The monoisotopic (exact) mass is 371 g/mol. The van der Waals surface area contributed by atoms with Gasteiger partial charge < -0.3 is 4.57 Å². The van der Waals surface area contributed by atoms with Gasteiger partial charge in [-0.15, -0.1) is 0 Å². The van der Waals surface area contributed by atoms with Crippen LogP contribution in [0.25, 0.3) is 23.0 Å². The number of carbonyl (C=O) groups excluding carboxylic acids is 3. The van der Waals surface area contributed by atoms with E-state index in [4.69, 9.17) is 0 Å². The van der Waals surface area contributed by atoms with Gasteiger partial charge in [0, 0.05) is 11.4 Å². The Kier molecular flexibility index (Phi) is 4.37. The first-order valence-electron chi connectivity index (χ1n) is 8.76. The first kappa shape index (κ1) is 17.5. The Balaban J connectivity index is 1.90. The van der Waals surface area contributed by atoms with Gasteiger partial charge in [0.2, 0.25) is 0 Å². The van der Waals surface area contributed by atoms with Crippen LogP contribution in [0.1, 0.15) is 11.3 Å². The molecule has 6 heteroatoms. The molecular weight excluding hydrogens is 354 g/mol. The van der Waals surface area contributed by atoms with Crippen molar-refractivity contribution in [2.75, 3.05) is 0 Å². The Morgan fingerprint density at radius 2 is 1.39 bits per heavy atom. The Morgan fingerprint density at radius 3 is 2.00 bits per heavy atom. The largest absolute Gasteiger partial charge is 0.328 e. The summed E-state index contributed by atoms with van der Waals surface area (Å²) in [5, 5.41) is 4.20. The van der Waals surface area contributed by atoms with E-state index in [9.17, 15) is 14.4 Å². The third-order valence-electron chi connectivity index (χ3n) is 4.61. The molecule has 6 nitrogen and oxygen atoms in total. The van der Waals surface area contributed by atoms with Crippen molar-refractivity contribution in [3.8, 4) is 16.9 Å². The standard InChI is InChI=1S/C22H17N3O3/c1-14-16(12-18-20(26)23-22(28)24-21(18)27)13-19(15-8-4-2-5-9-15)25(14)17-10-6-3-7-11-17/h2-13H,1H3,(H2,23,24,26,27,28). The van der Waals surface area contributed by atoms with E-state index in [0.29, 0.717) is 0 Å². The van der Waals surface area contributed by atoms with Crippen molar-refractivity contribution in [1.29, 1.82) is 0 Å². The SMILES string of the molecule is Cc1c(C=C2C(=O)NC(=O)NC2=O)cc(-c2ccccc2)n1-c1ccccc1. The lowest BCUT2D eigenvalue weighted by Crippen LogP contribution is -2.51. The second kappa shape index (κ2) is 7.00. The van der Waals surface area contributed by atoms with Gasteiger partial charge in [0.05, 0.1) is 5.69 Å². The molecule has 1 fully saturated rings. The molecule has 1 aliphatic rings. The molecule has 0 unspecified atom stereocenters. The predicted molar refractivity (Wildman–Crippen MR) is 106 cm³/mol. The van der Waals surface area contributed by atoms with Crippen molar-refractivity contribution >= 4 is 23.9 Å². The van der Waals surface area contributed by atoms with Gasteiger partial charge in [-0.1, -0.05) is 48.5 Å². The first-order chi connectivity index (χ1) is 13.5. The Morgan fingerprint density at radius 1 is 0.821 bits per heavy atom. The minimum absolute atomic E-state index is 0.104. The molecule has 3 aromatic rings. The second-order valence-corrected chi connectivity index (χ2v) is 6.40. The number of para-hydroxylation sites is 1. The first-order valence-corrected chi connectivity index (χ1v) is 8.76. The number of urea groups is 1. The molecule has 2 aromatic carbocycles. The van der Waals surface area contributed by atoms with Crippen LogP contribution in [0.5, 0.6) is 0 Å². The average Bonchev–Trinajstić information content (AvgIpc) is 3.02. The highest BCUT2D eigenvalue weighted by molar-refractivity contribution is 6.31. The summed E-state index contributed by atoms with van der Waals surface area (Å²) in [5.41, 5.74) is 4.40. The van der Waals surface area contributed by atoms with Crippen molar-refractivity contribution in [3.63, 3.8) is 0 Å². The number of nitrogens with one attached hydrogen (secondary N) is 2. The molecular formula is C22H17N3O3. The van der Waals surface area contributed by atoms with Crippen molar-refractivity contribution < 1.29 is 14.4 Å². The molecule has 0 saturated carbocycles. The van der Waals surface area contributed by atoms with Crippen LogP contribution in [0.15, 0.2) is 72.3 Å². The number of nitrogens with zero attached hydrogens (tertiary/aromatic N) is 1. The van der Waals surface area contributed by atoms with Gasteiger partial charge >= 0.3 is 6.03 Å². The van der Waals surface area contributed by atoms with Crippen molar-refractivity contribution in [2.24, 2.45) is 0 Å². The van der Waals surface area contributed by atoms with Crippen LogP contribution < -0.4 is 10.6 Å². The topological polar surface area (TPSA) is 80.2 Å². The third-order valence-corrected chi connectivity index (χ3v) is 4.61. The molecule has 1 aromatic heterocycles. The van der Waals surface area contributed by atoms with E-state index in [0.717, 1.165) is 28.2 Å². The van der Waals surface area contributed by atoms with Crippen molar-refractivity contribution in [3.05, 3.63) is 83.6 Å². The summed E-state index contributed by atoms with van der Waals surface area (Å²) < 4.78 is 2.07. The summed E-state index contributed by atoms with van der Waals surface area (Å²) in [7, 11) is 0. The number of amides is 4. The maximum absolute atomic E-state index is 12.1. The molecule has 0 atom stereocenters. The van der Waals surface area contributed by atoms with Gasteiger partial charge in [0.15, 0.2) is 0 Å². The molecule has 0 bridgehead atoms. The number of rotatable bonds is 3. The second-order valence-electron chi connectivity index (χ2n) is 6.40. The zero-order chi connectivity index (χ0) is 19.7. The maximum Gasteiger partial charge on any atom is 0.328 e. The quantitative estimate of drug-likeness (QED) is 0.548. The Labute approximate surface area is 161 Å². The van der Waals surface area contributed by atoms with Gasteiger partial charge in [-0.2, -0.15) is 0 Å². The lowest BCUT2D eigenvalue weighted by molar-refractivity contribution is -0.123. The highest BCUT2D eigenvalue weighted by Crippen LogP contribution is 2.30.